The molecule has 1 aliphatic heterocycles. The van der Waals surface area contributed by atoms with Crippen molar-refractivity contribution < 1.29 is 24.3 Å². The lowest BCUT2D eigenvalue weighted by atomic mass is 10.0. The van der Waals surface area contributed by atoms with Gasteiger partial charge in [-0.05, 0) is 20.8 Å². The number of carboxylic acids is 1. The van der Waals surface area contributed by atoms with Crippen LogP contribution in [0.2, 0.25) is 0 Å². The molecule has 15 heavy (non-hydrogen) atoms. The molecule has 1 rings (SSSR count). The van der Waals surface area contributed by atoms with E-state index in [4.69, 9.17) is 5.11 Å². The van der Waals surface area contributed by atoms with Crippen LogP contribution < -0.4 is 5.11 Å². The zero-order chi connectivity index (χ0) is 11.9. The second-order valence-electron chi connectivity index (χ2n) is 5.13. The summed E-state index contributed by atoms with van der Waals surface area (Å²) in [6.45, 7) is 5.86. The Kier molecular flexibility index (Phi) is 2.78. The van der Waals surface area contributed by atoms with Gasteiger partial charge in [0.1, 0.15) is 5.92 Å². The Bertz CT molecular complexity index is 294. The first-order valence-corrected chi connectivity index (χ1v) is 5.02. The molecule has 1 aliphatic rings. The lowest BCUT2D eigenvalue weighted by molar-refractivity contribution is -0.909. The highest BCUT2D eigenvalue weighted by atomic mass is 16.4. The van der Waals surface area contributed by atoms with E-state index in [0.717, 1.165) is 0 Å². The molecule has 0 aromatic rings. The highest BCUT2D eigenvalue weighted by Gasteiger charge is 2.50. The third-order valence-electron chi connectivity index (χ3n) is 3.37. The summed E-state index contributed by atoms with van der Waals surface area (Å²) < 4.78 is -0.260. The van der Waals surface area contributed by atoms with Crippen LogP contribution in [0, 0.1) is 5.92 Å². The van der Waals surface area contributed by atoms with Gasteiger partial charge in [-0.25, -0.2) is 0 Å². The van der Waals surface area contributed by atoms with Crippen LogP contribution in [0.5, 0.6) is 0 Å². The number of carboxylic acid groups (broad SMARTS) is 2. The van der Waals surface area contributed by atoms with Gasteiger partial charge in [0.2, 0.25) is 0 Å². The van der Waals surface area contributed by atoms with Gasteiger partial charge < -0.3 is 15.0 Å². The fraction of sp³-hybridized carbons (Fsp3) is 0.800. The molecule has 1 fully saturated rings. The average molecular weight is 215 g/mol. The van der Waals surface area contributed by atoms with Crippen molar-refractivity contribution in [2.45, 2.75) is 32.7 Å². The number of rotatable bonds is 1. The summed E-state index contributed by atoms with van der Waals surface area (Å²) in [5.74, 6) is -1.48. The monoisotopic (exact) mass is 215 g/mol. The van der Waals surface area contributed by atoms with Gasteiger partial charge in [-0.2, -0.15) is 0 Å². The first-order valence-electron chi connectivity index (χ1n) is 5.02. The second kappa shape index (κ2) is 3.48. The minimum Gasteiger partial charge on any atom is -0.498 e. The predicted octanol–water partition coefficient (Wildman–Crippen LogP) is 0.0495. The summed E-state index contributed by atoms with van der Waals surface area (Å²) in [6.07, 6.45) is -0.771. The van der Waals surface area contributed by atoms with Gasteiger partial charge in [0, 0.05) is 6.42 Å². The van der Waals surface area contributed by atoms with E-state index in [-0.39, 0.29) is 11.0 Å². The highest BCUT2D eigenvalue weighted by molar-refractivity contribution is 5.71. The molecule has 2 atom stereocenters. The minimum absolute atomic E-state index is 0.126. The first-order chi connectivity index (χ1) is 6.71. The SMILES string of the molecule is CC(C)(C)[N+]1(C(=O)[O-])CCC(C(=O)O)C1. The fourth-order valence-electron chi connectivity index (χ4n) is 2.19. The van der Waals surface area contributed by atoms with Crippen LogP contribution in [0.25, 0.3) is 0 Å². The summed E-state index contributed by atoms with van der Waals surface area (Å²) in [4.78, 5) is 22.0. The van der Waals surface area contributed by atoms with Crippen molar-refractivity contribution in [3.63, 3.8) is 0 Å². The van der Waals surface area contributed by atoms with E-state index >= 15 is 0 Å². The van der Waals surface area contributed by atoms with Crippen LogP contribution in [-0.4, -0.2) is 40.3 Å². The van der Waals surface area contributed by atoms with Gasteiger partial charge in [0.25, 0.3) is 6.09 Å². The van der Waals surface area contributed by atoms with Crippen molar-refractivity contribution in [3.8, 4) is 0 Å². The number of likely N-dealkylation sites (tertiary alicyclic amines) is 1. The van der Waals surface area contributed by atoms with E-state index < -0.39 is 23.5 Å². The highest BCUT2D eigenvalue weighted by Crippen LogP contribution is 2.33. The third-order valence-corrected chi connectivity index (χ3v) is 3.37. The molecule has 1 N–H and O–H groups in total. The molecule has 0 aromatic heterocycles. The van der Waals surface area contributed by atoms with Crippen molar-refractivity contribution in [1.29, 1.82) is 0 Å². The number of hydrogen-bond donors (Lipinski definition) is 1. The summed E-state index contributed by atoms with van der Waals surface area (Å²) in [6, 6.07) is 0. The number of carbonyl (C=O) groups is 2. The molecular formula is C10H17NO4. The lowest BCUT2D eigenvalue weighted by Crippen LogP contribution is -2.66. The molecule has 0 bridgehead atoms. The summed E-state index contributed by atoms with van der Waals surface area (Å²) in [7, 11) is 0. The third kappa shape index (κ3) is 1.84. The summed E-state index contributed by atoms with van der Waals surface area (Å²) >= 11 is 0. The molecule has 1 saturated heterocycles. The maximum atomic E-state index is 11.2. The predicted molar refractivity (Wildman–Crippen MR) is 50.9 cm³/mol. The molecule has 86 valence electrons. The number of hydrogen-bond acceptors (Lipinski definition) is 3. The maximum Gasteiger partial charge on any atom is 0.312 e. The van der Waals surface area contributed by atoms with Gasteiger partial charge in [-0.3, -0.25) is 9.28 Å². The number of carbonyl (C=O) groups excluding carboxylic acids is 1. The van der Waals surface area contributed by atoms with Crippen molar-refractivity contribution in [3.05, 3.63) is 0 Å². The topological polar surface area (TPSA) is 77.4 Å². The minimum atomic E-state index is -1.17. The molecular weight excluding hydrogens is 198 g/mol. The van der Waals surface area contributed by atoms with E-state index in [1.165, 1.54) is 0 Å². The Labute approximate surface area is 88.9 Å². The quantitative estimate of drug-likeness (QED) is 0.627. The van der Waals surface area contributed by atoms with Gasteiger partial charge in [-0.1, -0.05) is 0 Å². The van der Waals surface area contributed by atoms with Crippen molar-refractivity contribution in [2.24, 2.45) is 5.92 Å². The molecule has 0 aliphatic carbocycles. The van der Waals surface area contributed by atoms with Crippen molar-refractivity contribution in [1.82, 2.24) is 0 Å². The smallest absolute Gasteiger partial charge is 0.312 e. The lowest BCUT2D eigenvalue weighted by Gasteiger charge is -2.45. The molecule has 1 heterocycles. The van der Waals surface area contributed by atoms with E-state index in [9.17, 15) is 14.7 Å². The van der Waals surface area contributed by atoms with Crippen LogP contribution in [0.3, 0.4) is 0 Å². The molecule has 0 aromatic carbocycles. The Hall–Kier alpha value is -1.10. The van der Waals surface area contributed by atoms with Crippen LogP contribution in [-0.2, 0) is 4.79 Å². The number of nitrogens with zero attached hydrogens (tertiary/aromatic N) is 1. The number of aliphatic carboxylic acids is 1. The summed E-state index contributed by atoms with van der Waals surface area (Å²) in [5.41, 5.74) is -0.525. The van der Waals surface area contributed by atoms with Gasteiger partial charge in [-0.15, -0.1) is 0 Å². The Balaban J connectivity index is 2.99. The van der Waals surface area contributed by atoms with Crippen LogP contribution in [0.4, 0.5) is 4.79 Å². The normalized spacial score (nSPS) is 31.5. The van der Waals surface area contributed by atoms with Crippen LogP contribution >= 0.6 is 0 Å². The Morgan fingerprint density at radius 3 is 2.13 bits per heavy atom. The van der Waals surface area contributed by atoms with Gasteiger partial charge >= 0.3 is 5.97 Å². The van der Waals surface area contributed by atoms with Crippen molar-refractivity contribution in [2.75, 3.05) is 13.1 Å². The molecule has 1 amide bonds. The fourth-order valence-corrected chi connectivity index (χ4v) is 2.19. The molecule has 5 nitrogen and oxygen atoms in total. The second-order valence-corrected chi connectivity index (χ2v) is 5.13. The number of quaternary nitrogens is 1. The van der Waals surface area contributed by atoms with E-state index in [1.54, 1.807) is 20.8 Å². The molecule has 2 unspecified atom stereocenters. The molecule has 0 saturated carbocycles. The first kappa shape index (κ1) is 12.0. The van der Waals surface area contributed by atoms with Crippen molar-refractivity contribution >= 4 is 12.1 Å². The van der Waals surface area contributed by atoms with Crippen LogP contribution in [0.1, 0.15) is 27.2 Å². The average Bonchev–Trinajstić information content (AvgIpc) is 2.46. The summed E-state index contributed by atoms with van der Waals surface area (Å²) in [5, 5.41) is 20.1. The van der Waals surface area contributed by atoms with E-state index in [1.807, 2.05) is 0 Å². The zero-order valence-corrected chi connectivity index (χ0v) is 9.32. The standard InChI is InChI=1S/C10H17NO4/c1-10(2,3)11(9(14)15)5-4-7(6-11)8(12)13/h7H,4-6H2,1-3H3,(H-,12,13,14,15). The maximum absolute atomic E-state index is 11.2. The van der Waals surface area contributed by atoms with Crippen LogP contribution in [0.15, 0.2) is 0 Å². The van der Waals surface area contributed by atoms with E-state index in [0.29, 0.717) is 13.0 Å². The van der Waals surface area contributed by atoms with Gasteiger partial charge in [0.15, 0.2) is 0 Å². The Morgan fingerprint density at radius 2 is 1.93 bits per heavy atom. The molecule has 5 heteroatoms. The zero-order valence-electron chi connectivity index (χ0n) is 9.32. The molecule has 0 spiro atoms. The largest absolute Gasteiger partial charge is 0.498 e. The van der Waals surface area contributed by atoms with E-state index in [2.05, 4.69) is 0 Å². The van der Waals surface area contributed by atoms with Gasteiger partial charge in [0.05, 0.1) is 18.6 Å². The Morgan fingerprint density at radius 1 is 1.40 bits per heavy atom. The number of amides is 1. The molecule has 0 radical (unpaired) electrons.